The molecule has 0 fully saturated rings. The summed E-state index contributed by atoms with van der Waals surface area (Å²) in [6.45, 7) is 0. The highest BCUT2D eigenvalue weighted by atomic mass is 16.1. The molecule has 1 N–H and O–H groups in total. The molecule has 3 rings (SSSR count). The van der Waals surface area contributed by atoms with Crippen molar-refractivity contribution in [3.05, 3.63) is 65.9 Å². The molecular formula is C19H17N3O. The van der Waals surface area contributed by atoms with Gasteiger partial charge in [0.15, 0.2) is 0 Å². The lowest BCUT2D eigenvalue weighted by Gasteiger charge is -2.05. The maximum absolute atomic E-state index is 12.1. The molecule has 2 aromatic carbocycles. The van der Waals surface area contributed by atoms with Crippen molar-refractivity contribution >= 4 is 22.5 Å². The number of aromatic nitrogens is 1. The van der Waals surface area contributed by atoms with E-state index >= 15 is 0 Å². The van der Waals surface area contributed by atoms with Gasteiger partial charge in [-0.2, -0.15) is 5.26 Å². The van der Waals surface area contributed by atoms with E-state index in [0.29, 0.717) is 24.1 Å². The maximum Gasteiger partial charge on any atom is 0.224 e. The van der Waals surface area contributed by atoms with Crippen molar-refractivity contribution in [3.63, 3.8) is 0 Å². The number of aryl methyl sites for hydroxylation is 2. The van der Waals surface area contributed by atoms with Gasteiger partial charge in [0.05, 0.1) is 11.6 Å². The van der Waals surface area contributed by atoms with E-state index in [1.54, 1.807) is 24.3 Å². The number of hydrogen-bond donors (Lipinski definition) is 1. The highest BCUT2D eigenvalue weighted by Crippen LogP contribution is 2.21. The van der Waals surface area contributed by atoms with Gasteiger partial charge in [-0.3, -0.25) is 4.79 Å². The topological polar surface area (TPSA) is 57.8 Å². The third-order valence-electron chi connectivity index (χ3n) is 3.90. The van der Waals surface area contributed by atoms with Crippen molar-refractivity contribution in [2.24, 2.45) is 7.05 Å². The van der Waals surface area contributed by atoms with E-state index in [4.69, 9.17) is 5.26 Å². The number of para-hydroxylation sites is 1. The largest absolute Gasteiger partial charge is 0.350 e. The first-order valence-corrected chi connectivity index (χ1v) is 7.50. The second kappa shape index (κ2) is 6.37. The summed E-state index contributed by atoms with van der Waals surface area (Å²) in [6.07, 6.45) is 3.21. The zero-order valence-electron chi connectivity index (χ0n) is 12.9. The van der Waals surface area contributed by atoms with Crippen LogP contribution in [-0.4, -0.2) is 10.5 Å². The fraction of sp³-hybridized carbons (Fsp3) is 0.158. The Bertz CT molecular complexity index is 885. The molecule has 0 atom stereocenters. The first-order chi connectivity index (χ1) is 11.2. The number of nitrogens with zero attached hydrogens (tertiary/aromatic N) is 2. The molecule has 1 heterocycles. The first kappa shape index (κ1) is 14.9. The van der Waals surface area contributed by atoms with E-state index in [9.17, 15) is 4.79 Å². The fourth-order valence-electron chi connectivity index (χ4n) is 2.72. The molecule has 0 radical (unpaired) electrons. The Labute approximate surface area is 135 Å². The quantitative estimate of drug-likeness (QED) is 0.800. The van der Waals surface area contributed by atoms with Gasteiger partial charge in [-0.05, 0) is 42.3 Å². The Hall–Kier alpha value is -3.06. The van der Waals surface area contributed by atoms with Gasteiger partial charge in [0.25, 0.3) is 0 Å². The van der Waals surface area contributed by atoms with Crippen LogP contribution in [0.15, 0.2) is 54.7 Å². The second-order valence-corrected chi connectivity index (χ2v) is 5.52. The van der Waals surface area contributed by atoms with E-state index < -0.39 is 0 Å². The molecule has 3 aromatic rings. The van der Waals surface area contributed by atoms with Crippen molar-refractivity contribution in [3.8, 4) is 6.07 Å². The van der Waals surface area contributed by atoms with Gasteiger partial charge in [-0.15, -0.1) is 0 Å². The molecule has 0 aliphatic heterocycles. The lowest BCUT2D eigenvalue weighted by atomic mass is 10.1. The first-order valence-electron chi connectivity index (χ1n) is 7.50. The Morgan fingerprint density at radius 2 is 1.91 bits per heavy atom. The third kappa shape index (κ3) is 3.24. The summed E-state index contributed by atoms with van der Waals surface area (Å²) in [7, 11) is 2.02. The zero-order valence-corrected chi connectivity index (χ0v) is 12.9. The Morgan fingerprint density at radius 3 is 2.65 bits per heavy atom. The summed E-state index contributed by atoms with van der Waals surface area (Å²) in [5.41, 5.74) is 3.65. The van der Waals surface area contributed by atoms with Gasteiger partial charge >= 0.3 is 0 Å². The number of hydrogen-bond acceptors (Lipinski definition) is 2. The van der Waals surface area contributed by atoms with Crippen LogP contribution >= 0.6 is 0 Å². The monoisotopic (exact) mass is 303 g/mol. The molecule has 0 aliphatic rings. The predicted octanol–water partition coefficient (Wildman–Crippen LogP) is 3.62. The SMILES string of the molecule is Cn1cc(CCC(=O)Nc2ccc(C#N)cc2)c2ccccc21. The van der Waals surface area contributed by atoms with Gasteiger partial charge in [-0.1, -0.05) is 18.2 Å². The molecule has 0 saturated carbocycles. The minimum absolute atomic E-state index is 0.0253. The normalized spacial score (nSPS) is 10.4. The molecule has 114 valence electrons. The van der Waals surface area contributed by atoms with Gasteiger partial charge in [0.2, 0.25) is 5.91 Å². The summed E-state index contributed by atoms with van der Waals surface area (Å²) >= 11 is 0. The third-order valence-corrected chi connectivity index (χ3v) is 3.90. The van der Waals surface area contributed by atoms with Crippen LogP contribution < -0.4 is 5.32 Å². The van der Waals surface area contributed by atoms with Crippen molar-refractivity contribution in [2.75, 3.05) is 5.32 Å². The summed E-state index contributed by atoms with van der Waals surface area (Å²) in [5, 5.41) is 12.8. The van der Waals surface area contributed by atoms with Gasteiger partial charge < -0.3 is 9.88 Å². The van der Waals surface area contributed by atoms with Crippen molar-refractivity contribution in [1.82, 2.24) is 4.57 Å². The number of carbonyl (C=O) groups excluding carboxylic acids is 1. The Kier molecular flexibility index (Phi) is 4.11. The van der Waals surface area contributed by atoms with E-state index in [1.165, 1.54) is 16.5 Å². The van der Waals surface area contributed by atoms with Gasteiger partial charge in [0, 0.05) is 36.3 Å². The Balaban J connectivity index is 1.65. The number of fused-ring (bicyclic) bond motifs is 1. The maximum atomic E-state index is 12.1. The molecule has 0 saturated heterocycles. The van der Waals surface area contributed by atoms with Crippen molar-refractivity contribution < 1.29 is 4.79 Å². The van der Waals surface area contributed by atoms with Crippen LogP contribution in [0.25, 0.3) is 10.9 Å². The molecule has 1 amide bonds. The predicted molar refractivity (Wildman–Crippen MR) is 91.0 cm³/mol. The highest BCUT2D eigenvalue weighted by molar-refractivity contribution is 5.91. The van der Waals surface area contributed by atoms with Crippen LogP contribution in [0.5, 0.6) is 0 Å². The second-order valence-electron chi connectivity index (χ2n) is 5.52. The molecule has 0 unspecified atom stereocenters. The van der Waals surface area contributed by atoms with Gasteiger partial charge in [0.1, 0.15) is 0 Å². The number of nitriles is 1. The fourth-order valence-corrected chi connectivity index (χ4v) is 2.72. The average Bonchev–Trinajstić information content (AvgIpc) is 2.90. The van der Waals surface area contributed by atoms with Crippen LogP contribution in [0.4, 0.5) is 5.69 Å². The lowest BCUT2D eigenvalue weighted by Crippen LogP contribution is -2.12. The molecular weight excluding hydrogens is 286 g/mol. The average molecular weight is 303 g/mol. The van der Waals surface area contributed by atoms with Crippen LogP contribution in [0.3, 0.4) is 0 Å². The number of anilines is 1. The molecule has 1 aromatic heterocycles. The van der Waals surface area contributed by atoms with E-state index in [-0.39, 0.29) is 5.91 Å². The van der Waals surface area contributed by atoms with Crippen LogP contribution in [0, 0.1) is 11.3 Å². The smallest absolute Gasteiger partial charge is 0.224 e. The number of amides is 1. The van der Waals surface area contributed by atoms with Crippen molar-refractivity contribution in [2.45, 2.75) is 12.8 Å². The van der Waals surface area contributed by atoms with Gasteiger partial charge in [-0.25, -0.2) is 0 Å². The highest BCUT2D eigenvalue weighted by Gasteiger charge is 2.08. The summed E-state index contributed by atoms with van der Waals surface area (Å²) in [6, 6.07) is 17.1. The number of nitrogens with one attached hydrogen (secondary N) is 1. The summed E-state index contributed by atoms with van der Waals surface area (Å²) < 4.78 is 2.09. The number of benzene rings is 2. The summed E-state index contributed by atoms with van der Waals surface area (Å²) in [4.78, 5) is 12.1. The van der Waals surface area contributed by atoms with Crippen LogP contribution in [-0.2, 0) is 18.3 Å². The molecule has 0 spiro atoms. The summed E-state index contributed by atoms with van der Waals surface area (Å²) in [5.74, 6) is -0.0253. The lowest BCUT2D eigenvalue weighted by molar-refractivity contribution is -0.116. The van der Waals surface area contributed by atoms with Crippen molar-refractivity contribution in [1.29, 1.82) is 5.26 Å². The molecule has 0 aliphatic carbocycles. The minimum atomic E-state index is -0.0253. The Morgan fingerprint density at radius 1 is 1.17 bits per heavy atom. The van der Waals surface area contributed by atoms with E-state index in [1.807, 2.05) is 19.2 Å². The standard InChI is InChI=1S/C19H17N3O/c1-22-13-15(17-4-2-3-5-18(17)22)8-11-19(23)21-16-9-6-14(12-20)7-10-16/h2-7,9-10,13H,8,11H2,1H3,(H,21,23). The number of carbonyl (C=O) groups is 1. The van der Waals surface area contributed by atoms with E-state index in [0.717, 1.165) is 0 Å². The number of rotatable bonds is 4. The zero-order chi connectivity index (χ0) is 16.2. The molecule has 0 bridgehead atoms. The van der Waals surface area contributed by atoms with Crippen LogP contribution in [0.2, 0.25) is 0 Å². The molecule has 4 nitrogen and oxygen atoms in total. The van der Waals surface area contributed by atoms with E-state index in [2.05, 4.69) is 34.3 Å². The molecule has 23 heavy (non-hydrogen) atoms. The minimum Gasteiger partial charge on any atom is -0.350 e. The molecule has 4 heteroatoms. The van der Waals surface area contributed by atoms with Crippen LogP contribution in [0.1, 0.15) is 17.5 Å².